The van der Waals surface area contributed by atoms with Crippen molar-refractivity contribution in [1.29, 1.82) is 0 Å². The minimum absolute atomic E-state index is 0.271. The second kappa shape index (κ2) is 8.12. The fourth-order valence-corrected chi connectivity index (χ4v) is 3.25. The molecule has 3 rings (SSSR count). The summed E-state index contributed by atoms with van der Waals surface area (Å²) >= 11 is 0. The standard InChI is InChI=1S/C20H26N4O/c1-3-10-24-15-19(16(2)22-24)13-21-12-17-7-4-5-8-18(17)14-23-11-6-9-20(23)25/h3-5,7-8,15,21H,1,6,9-14H2,2H3. The van der Waals surface area contributed by atoms with Gasteiger partial charge in [0.25, 0.3) is 0 Å². The summed E-state index contributed by atoms with van der Waals surface area (Å²) in [6.07, 6.45) is 5.58. The van der Waals surface area contributed by atoms with E-state index in [9.17, 15) is 4.79 Å². The van der Waals surface area contributed by atoms with Crippen LogP contribution in [-0.2, 0) is 31.0 Å². The molecule has 132 valence electrons. The lowest BCUT2D eigenvalue weighted by molar-refractivity contribution is -0.128. The predicted molar refractivity (Wildman–Crippen MR) is 98.8 cm³/mol. The average Bonchev–Trinajstić information content (AvgIpc) is 3.15. The van der Waals surface area contributed by atoms with E-state index in [1.807, 2.05) is 28.6 Å². The fourth-order valence-electron chi connectivity index (χ4n) is 3.25. The van der Waals surface area contributed by atoms with Crippen molar-refractivity contribution in [2.75, 3.05) is 6.54 Å². The number of rotatable bonds is 8. The van der Waals surface area contributed by atoms with Crippen LogP contribution >= 0.6 is 0 Å². The van der Waals surface area contributed by atoms with Gasteiger partial charge in [-0.05, 0) is 24.5 Å². The summed E-state index contributed by atoms with van der Waals surface area (Å²) in [6.45, 7) is 9.66. The van der Waals surface area contributed by atoms with Crippen LogP contribution in [0.5, 0.6) is 0 Å². The highest BCUT2D eigenvalue weighted by molar-refractivity contribution is 5.78. The van der Waals surface area contributed by atoms with Gasteiger partial charge in [0.15, 0.2) is 0 Å². The SMILES string of the molecule is C=CCn1cc(CNCc2ccccc2CN2CCCC2=O)c(C)n1. The highest BCUT2D eigenvalue weighted by Crippen LogP contribution is 2.17. The van der Waals surface area contributed by atoms with Crippen LogP contribution in [0.1, 0.15) is 35.2 Å². The Hall–Kier alpha value is -2.40. The Kier molecular flexibility index (Phi) is 5.66. The number of amides is 1. The lowest BCUT2D eigenvalue weighted by Gasteiger charge is -2.18. The Morgan fingerprint density at radius 1 is 1.24 bits per heavy atom. The number of carbonyl (C=O) groups is 1. The third kappa shape index (κ3) is 4.37. The first-order valence-electron chi connectivity index (χ1n) is 8.86. The zero-order chi connectivity index (χ0) is 17.6. The summed E-state index contributed by atoms with van der Waals surface area (Å²) in [6, 6.07) is 8.36. The Bertz CT molecular complexity index is 750. The molecule has 1 N–H and O–H groups in total. The zero-order valence-corrected chi connectivity index (χ0v) is 14.9. The molecule has 2 aromatic rings. The van der Waals surface area contributed by atoms with Gasteiger partial charge in [0.05, 0.1) is 12.2 Å². The molecule has 0 atom stereocenters. The van der Waals surface area contributed by atoms with Crippen LogP contribution in [0.25, 0.3) is 0 Å². The smallest absolute Gasteiger partial charge is 0.222 e. The van der Waals surface area contributed by atoms with Crippen LogP contribution in [0.3, 0.4) is 0 Å². The van der Waals surface area contributed by atoms with Gasteiger partial charge in [-0.25, -0.2) is 0 Å². The molecule has 5 nitrogen and oxygen atoms in total. The van der Waals surface area contributed by atoms with Gasteiger partial charge in [-0.1, -0.05) is 30.3 Å². The van der Waals surface area contributed by atoms with E-state index in [-0.39, 0.29) is 5.91 Å². The van der Waals surface area contributed by atoms with Crippen molar-refractivity contribution < 1.29 is 4.79 Å². The molecule has 1 aromatic carbocycles. The Morgan fingerprint density at radius 2 is 2.00 bits per heavy atom. The molecule has 1 fully saturated rings. The number of aryl methyl sites for hydroxylation is 1. The van der Waals surface area contributed by atoms with Crippen molar-refractivity contribution in [3.63, 3.8) is 0 Å². The van der Waals surface area contributed by atoms with E-state index in [4.69, 9.17) is 0 Å². The van der Waals surface area contributed by atoms with Crippen LogP contribution in [0.15, 0.2) is 43.1 Å². The molecule has 1 aromatic heterocycles. The van der Waals surface area contributed by atoms with Gasteiger partial charge in [0, 0.05) is 44.4 Å². The number of carbonyl (C=O) groups excluding carboxylic acids is 1. The van der Waals surface area contributed by atoms with Gasteiger partial charge in [-0.3, -0.25) is 9.48 Å². The summed E-state index contributed by atoms with van der Waals surface area (Å²) in [4.78, 5) is 13.8. The molecule has 0 spiro atoms. The van der Waals surface area contributed by atoms with Gasteiger partial charge in [-0.2, -0.15) is 5.10 Å². The molecular weight excluding hydrogens is 312 g/mol. The van der Waals surface area contributed by atoms with Crippen LogP contribution < -0.4 is 5.32 Å². The highest BCUT2D eigenvalue weighted by atomic mass is 16.2. The van der Waals surface area contributed by atoms with E-state index < -0.39 is 0 Å². The lowest BCUT2D eigenvalue weighted by Crippen LogP contribution is -2.25. The molecule has 0 bridgehead atoms. The molecule has 1 aliphatic heterocycles. The maximum absolute atomic E-state index is 11.9. The van der Waals surface area contributed by atoms with E-state index in [0.717, 1.165) is 38.3 Å². The number of hydrogen-bond donors (Lipinski definition) is 1. The molecule has 25 heavy (non-hydrogen) atoms. The molecule has 0 saturated carbocycles. The molecule has 0 aliphatic carbocycles. The first-order chi connectivity index (χ1) is 12.2. The Balaban J connectivity index is 1.59. The number of aromatic nitrogens is 2. The molecule has 1 saturated heterocycles. The van der Waals surface area contributed by atoms with Crippen molar-refractivity contribution >= 4 is 5.91 Å². The van der Waals surface area contributed by atoms with E-state index in [0.29, 0.717) is 13.0 Å². The maximum Gasteiger partial charge on any atom is 0.222 e. The van der Waals surface area contributed by atoms with Crippen LogP contribution in [0.4, 0.5) is 0 Å². The monoisotopic (exact) mass is 338 g/mol. The zero-order valence-electron chi connectivity index (χ0n) is 14.9. The quantitative estimate of drug-likeness (QED) is 0.753. The van der Waals surface area contributed by atoms with E-state index in [1.165, 1.54) is 16.7 Å². The van der Waals surface area contributed by atoms with Gasteiger partial charge < -0.3 is 10.2 Å². The summed E-state index contributed by atoms with van der Waals surface area (Å²) in [7, 11) is 0. The van der Waals surface area contributed by atoms with Crippen LogP contribution in [0, 0.1) is 6.92 Å². The van der Waals surface area contributed by atoms with Crippen molar-refractivity contribution in [2.45, 2.75) is 45.9 Å². The Labute approximate surface area is 149 Å². The van der Waals surface area contributed by atoms with Crippen molar-refractivity contribution in [3.8, 4) is 0 Å². The number of allylic oxidation sites excluding steroid dienone is 1. The molecule has 0 unspecified atom stereocenters. The summed E-state index contributed by atoms with van der Waals surface area (Å²) in [5.41, 5.74) is 4.72. The molecule has 1 aliphatic rings. The van der Waals surface area contributed by atoms with Crippen LogP contribution in [-0.4, -0.2) is 27.1 Å². The molecule has 0 radical (unpaired) electrons. The van der Waals surface area contributed by atoms with E-state index in [1.54, 1.807) is 0 Å². The number of nitrogens with zero attached hydrogens (tertiary/aromatic N) is 3. The molecular formula is C20H26N4O. The minimum Gasteiger partial charge on any atom is -0.338 e. The number of likely N-dealkylation sites (tertiary alicyclic amines) is 1. The molecule has 1 amide bonds. The van der Waals surface area contributed by atoms with Gasteiger partial charge in [-0.15, -0.1) is 6.58 Å². The first-order valence-corrected chi connectivity index (χ1v) is 8.86. The van der Waals surface area contributed by atoms with Crippen molar-refractivity contribution in [3.05, 3.63) is 65.5 Å². The molecule has 2 heterocycles. The average molecular weight is 338 g/mol. The third-order valence-electron chi connectivity index (χ3n) is 4.65. The van der Waals surface area contributed by atoms with E-state index >= 15 is 0 Å². The summed E-state index contributed by atoms with van der Waals surface area (Å²) < 4.78 is 1.91. The number of hydrogen-bond acceptors (Lipinski definition) is 3. The van der Waals surface area contributed by atoms with Gasteiger partial charge in [0.1, 0.15) is 0 Å². The van der Waals surface area contributed by atoms with Gasteiger partial charge >= 0.3 is 0 Å². The number of nitrogens with one attached hydrogen (secondary N) is 1. The van der Waals surface area contributed by atoms with Crippen molar-refractivity contribution in [2.24, 2.45) is 0 Å². The maximum atomic E-state index is 11.9. The normalized spacial score (nSPS) is 14.3. The van der Waals surface area contributed by atoms with E-state index in [2.05, 4.69) is 41.4 Å². The highest BCUT2D eigenvalue weighted by Gasteiger charge is 2.20. The second-order valence-corrected chi connectivity index (χ2v) is 6.54. The largest absolute Gasteiger partial charge is 0.338 e. The second-order valence-electron chi connectivity index (χ2n) is 6.54. The summed E-state index contributed by atoms with van der Waals surface area (Å²) in [5.74, 6) is 0.271. The minimum atomic E-state index is 0.271. The fraction of sp³-hybridized carbons (Fsp3) is 0.400. The Morgan fingerprint density at radius 3 is 2.72 bits per heavy atom. The van der Waals surface area contributed by atoms with Crippen LogP contribution in [0.2, 0.25) is 0 Å². The summed E-state index contributed by atoms with van der Waals surface area (Å²) in [5, 5.41) is 7.99. The van der Waals surface area contributed by atoms with Crippen molar-refractivity contribution in [1.82, 2.24) is 20.0 Å². The lowest BCUT2D eigenvalue weighted by atomic mass is 10.1. The molecule has 5 heteroatoms. The predicted octanol–water partition coefficient (Wildman–Crippen LogP) is 2.79. The topological polar surface area (TPSA) is 50.2 Å². The van der Waals surface area contributed by atoms with Gasteiger partial charge in [0.2, 0.25) is 5.91 Å². The first kappa shape index (κ1) is 17.4. The third-order valence-corrected chi connectivity index (χ3v) is 4.65. The number of benzene rings is 1.